The van der Waals surface area contributed by atoms with Gasteiger partial charge >= 0.3 is 0 Å². The number of aryl methyl sites for hydroxylation is 1. The van der Waals surface area contributed by atoms with Crippen LogP contribution in [0.2, 0.25) is 0 Å². The molecule has 0 radical (unpaired) electrons. The van der Waals surface area contributed by atoms with E-state index in [1.54, 1.807) is 4.90 Å². The summed E-state index contributed by atoms with van der Waals surface area (Å²) >= 11 is 0. The molecule has 172 valence electrons. The highest BCUT2D eigenvalue weighted by molar-refractivity contribution is 5.88. The highest BCUT2D eigenvalue weighted by atomic mass is 16.5. The zero-order valence-corrected chi connectivity index (χ0v) is 19.4. The molecular weight excluding hydrogens is 400 g/mol. The van der Waals surface area contributed by atoms with E-state index in [1.165, 1.54) is 6.42 Å². The Morgan fingerprint density at radius 2 is 1.72 bits per heavy atom. The van der Waals surface area contributed by atoms with Crippen molar-refractivity contribution in [2.45, 2.75) is 70.9 Å². The molecule has 5 heteroatoms. The normalized spacial score (nSPS) is 15.1. The van der Waals surface area contributed by atoms with Crippen LogP contribution in [0, 0.1) is 6.92 Å². The van der Waals surface area contributed by atoms with Gasteiger partial charge in [-0.3, -0.25) is 9.59 Å². The summed E-state index contributed by atoms with van der Waals surface area (Å²) in [7, 11) is 0. The average Bonchev–Trinajstić information content (AvgIpc) is 2.82. The Hall–Kier alpha value is -2.82. The molecule has 0 heterocycles. The molecule has 1 fully saturated rings. The second-order valence-electron chi connectivity index (χ2n) is 8.69. The van der Waals surface area contributed by atoms with Crippen molar-refractivity contribution in [2.24, 2.45) is 0 Å². The third-order valence-corrected chi connectivity index (χ3v) is 6.20. The fraction of sp³-hybridized carbons (Fsp3) is 0.481. The fourth-order valence-electron chi connectivity index (χ4n) is 4.30. The van der Waals surface area contributed by atoms with E-state index in [-0.39, 0.29) is 24.5 Å². The van der Waals surface area contributed by atoms with Crippen molar-refractivity contribution < 1.29 is 14.3 Å². The van der Waals surface area contributed by atoms with E-state index < -0.39 is 6.04 Å². The quantitative estimate of drug-likeness (QED) is 0.589. The van der Waals surface area contributed by atoms with Gasteiger partial charge in [0.1, 0.15) is 11.8 Å². The van der Waals surface area contributed by atoms with E-state index in [4.69, 9.17) is 4.74 Å². The Bertz CT molecular complexity index is 845. The minimum absolute atomic E-state index is 0.0452. The summed E-state index contributed by atoms with van der Waals surface area (Å²) in [5.41, 5.74) is 2.28. The van der Waals surface area contributed by atoms with Gasteiger partial charge in [-0.2, -0.15) is 0 Å². The van der Waals surface area contributed by atoms with E-state index in [1.807, 2.05) is 56.3 Å². The summed E-state index contributed by atoms with van der Waals surface area (Å²) < 4.78 is 5.76. The molecule has 32 heavy (non-hydrogen) atoms. The fourth-order valence-corrected chi connectivity index (χ4v) is 4.30. The molecule has 0 aliphatic heterocycles. The number of benzene rings is 2. The van der Waals surface area contributed by atoms with Crippen molar-refractivity contribution in [2.75, 3.05) is 13.2 Å². The first-order valence-corrected chi connectivity index (χ1v) is 11.9. The first kappa shape index (κ1) is 23.8. The number of hydrogen-bond acceptors (Lipinski definition) is 3. The van der Waals surface area contributed by atoms with Gasteiger partial charge < -0.3 is 15.0 Å². The number of rotatable bonds is 10. The lowest BCUT2D eigenvalue weighted by molar-refractivity contribution is -0.142. The van der Waals surface area contributed by atoms with E-state index in [0.29, 0.717) is 25.1 Å². The van der Waals surface area contributed by atoms with Crippen molar-refractivity contribution in [1.82, 2.24) is 10.2 Å². The van der Waals surface area contributed by atoms with Crippen LogP contribution in [0.3, 0.4) is 0 Å². The van der Waals surface area contributed by atoms with Crippen molar-refractivity contribution in [3.05, 3.63) is 65.7 Å². The molecule has 1 atom stereocenters. The Kier molecular flexibility index (Phi) is 9.14. The van der Waals surface area contributed by atoms with Gasteiger partial charge in [-0.15, -0.1) is 0 Å². The van der Waals surface area contributed by atoms with Gasteiger partial charge in [0.25, 0.3) is 5.91 Å². The maximum Gasteiger partial charge on any atom is 0.261 e. The first-order chi connectivity index (χ1) is 15.6. The number of hydrogen-bond donors (Lipinski definition) is 1. The van der Waals surface area contributed by atoms with Gasteiger partial charge in [0.2, 0.25) is 5.91 Å². The van der Waals surface area contributed by atoms with Crippen molar-refractivity contribution in [3.8, 4) is 5.75 Å². The van der Waals surface area contributed by atoms with Gasteiger partial charge in [-0.25, -0.2) is 0 Å². The number of ether oxygens (including phenoxy) is 1. The molecule has 1 aliphatic carbocycles. The van der Waals surface area contributed by atoms with Crippen LogP contribution < -0.4 is 10.1 Å². The van der Waals surface area contributed by atoms with Crippen molar-refractivity contribution in [1.29, 1.82) is 0 Å². The maximum atomic E-state index is 13.2. The Balaban J connectivity index is 1.68. The summed E-state index contributed by atoms with van der Waals surface area (Å²) in [6.45, 7) is 4.38. The Morgan fingerprint density at radius 3 is 2.38 bits per heavy atom. The molecule has 2 aromatic rings. The summed E-state index contributed by atoms with van der Waals surface area (Å²) in [4.78, 5) is 28.1. The zero-order chi connectivity index (χ0) is 22.8. The van der Waals surface area contributed by atoms with Gasteiger partial charge in [0.05, 0.1) is 0 Å². The van der Waals surface area contributed by atoms with Crippen molar-refractivity contribution >= 4 is 11.8 Å². The predicted molar refractivity (Wildman–Crippen MR) is 128 cm³/mol. The highest BCUT2D eigenvalue weighted by Crippen LogP contribution is 2.19. The van der Waals surface area contributed by atoms with Crippen LogP contribution >= 0.6 is 0 Å². The lowest BCUT2D eigenvalue weighted by atomic mass is 9.95. The van der Waals surface area contributed by atoms with Crippen molar-refractivity contribution in [3.63, 3.8) is 0 Å². The van der Waals surface area contributed by atoms with Gasteiger partial charge in [0, 0.05) is 12.6 Å². The number of carbonyl (C=O) groups excluding carboxylic acids is 2. The molecule has 5 nitrogen and oxygen atoms in total. The number of carbonyl (C=O) groups is 2. The summed E-state index contributed by atoms with van der Waals surface area (Å²) in [5, 5.41) is 3.21. The SMILES string of the molecule is CCC(C(=O)NC1CCCCC1)N(CCc1ccccc1)C(=O)COc1ccc(C)cc1. The maximum absolute atomic E-state index is 13.2. The van der Waals surface area contributed by atoms with E-state index in [2.05, 4.69) is 17.4 Å². The predicted octanol–water partition coefficient (Wildman–Crippen LogP) is 4.67. The lowest BCUT2D eigenvalue weighted by Crippen LogP contribution is -2.53. The number of amides is 2. The highest BCUT2D eigenvalue weighted by Gasteiger charge is 2.30. The first-order valence-electron chi connectivity index (χ1n) is 11.9. The monoisotopic (exact) mass is 436 g/mol. The second-order valence-corrected chi connectivity index (χ2v) is 8.69. The second kappa shape index (κ2) is 12.3. The minimum Gasteiger partial charge on any atom is -0.484 e. The van der Waals surface area contributed by atoms with Crippen LogP contribution in [0.4, 0.5) is 0 Å². The molecule has 0 aromatic heterocycles. The van der Waals surface area contributed by atoms with Crippen LogP contribution in [0.5, 0.6) is 5.75 Å². The van der Waals surface area contributed by atoms with Crippen LogP contribution in [-0.2, 0) is 16.0 Å². The van der Waals surface area contributed by atoms with E-state index in [9.17, 15) is 9.59 Å². The molecule has 2 amide bonds. The molecule has 0 spiro atoms. The van der Waals surface area contributed by atoms with Crippen LogP contribution in [0.15, 0.2) is 54.6 Å². The van der Waals surface area contributed by atoms with Crippen LogP contribution in [0.1, 0.15) is 56.6 Å². The van der Waals surface area contributed by atoms with E-state index >= 15 is 0 Å². The summed E-state index contributed by atoms with van der Waals surface area (Å²) in [6.07, 6.45) is 6.87. The Morgan fingerprint density at radius 1 is 1.03 bits per heavy atom. The smallest absolute Gasteiger partial charge is 0.261 e. The average molecular weight is 437 g/mol. The molecule has 1 unspecified atom stereocenters. The molecular formula is C27H36N2O3. The van der Waals surface area contributed by atoms with Gasteiger partial charge in [-0.1, -0.05) is 74.2 Å². The topological polar surface area (TPSA) is 58.6 Å². The number of nitrogens with zero attached hydrogens (tertiary/aromatic N) is 1. The van der Waals surface area contributed by atoms with Crippen LogP contribution in [0.25, 0.3) is 0 Å². The molecule has 3 rings (SSSR count). The number of nitrogens with one attached hydrogen (secondary N) is 1. The molecule has 2 aromatic carbocycles. The summed E-state index contributed by atoms with van der Waals surface area (Å²) in [5.74, 6) is 0.454. The molecule has 1 N–H and O–H groups in total. The molecule has 1 aliphatic rings. The third-order valence-electron chi connectivity index (χ3n) is 6.20. The standard InChI is InChI=1S/C27H36N2O3/c1-3-25(27(31)28-23-12-8-5-9-13-23)29(19-18-22-10-6-4-7-11-22)26(30)20-32-24-16-14-21(2)15-17-24/h4,6-7,10-11,14-17,23,25H,3,5,8-9,12-13,18-20H2,1-2H3,(H,28,31). The lowest BCUT2D eigenvalue weighted by Gasteiger charge is -2.32. The zero-order valence-electron chi connectivity index (χ0n) is 19.4. The molecule has 0 saturated heterocycles. The van der Waals surface area contributed by atoms with E-state index in [0.717, 1.165) is 36.8 Å². The third kappa shape index (κ3) is 7.11. The van der Waals surface area contributed by atoms with Gasteiger partial charge in [-0.05, 0) is 50.3 Å². The minimum atomic E-state index is -0.491. The van der Waals surface area contributed by atoms with Crippen LogP contribution in [-0.4, -0.2) is 41.9 Å². The molecule has 1 saturated carbocycles. The summed E-state index contributed by atoms with van der Waals surface area (Å²) in [6, 6.07) is 17.4. The largest absolute Gasteiger partial charge is 0.484 e. The Labute approximate surface area is 192 Å². The van der Waals surface area contributed by atoms with Gasteiger partial charge in [0.15, 0.2) is 6.61 Å². The molecule has 0 bridgehead atoms.